The number of anilines is 2. The first-order chi connectivity index (χ1) is 10.1. The monoisotopic (exact) mass is 321 g/mol. The fraction of sp³-hybridized carbons (Fsp3) is 0.286. The molecule has 0 bridgehead atoms. The molecule has 1 aromatic carbocycles. The highest BCUT2D eigenvalue weighted by molar-refractivity contribution is 7.11. The minimum atomic E-state index is -0.288. The van der Waals surface area contributed by atoms with Crippen molar-refractivity contribution in [1.29, 1.82) is 5.26 Å². The quantitative estimate of drug-likeness (QED) is 0.923. The van der Waals surface area contributed by atoms with Crippen molar-refractivity contribution in [2.75, 3.05) is 11.9 Å². The molecule has 108 valence electrons. The SMILES string of the molecule is Cn1sc(Nc2ccc(Cl)c3c2CCCO3)c(C#N)c1=O. The lowest BCUT2D eigenvalue weighted by Crippen LogP contribution is -2.12. The van der Waals surface area contributed by atoms with Gasteiger partial charge in [0, 0.05) is 18.3 Å². The van der Waals surface area contributed by atoms with E-state index in [9.17, 15) is 4.79 Å². The molecule has 21 heavy (non-hydrogen) atoms. The van der Waals surface area contributed by atoms with E-state index in [1.54, 1.807) is 13.1 Å². The molecule has 0 atom stereocenters. The molecule has 0 fully saturated rings. The van der Waals surface area contributed by atoms with Crippen LogP contribution in [0.4, 0.5) is 10.7 Å². The van der Waals surface area contributed by atoms with Gasteiger partial charge in [-0.05, 0) is 36.5 Å². The summed E-state index contributed by atoms with van der Waals surface area (Å²) >= 11 is 7.36. The number of rotatable bonds is 2. The van der Waals surface area contributed by atoms with Crippen LogP contribution in [-0.2, 0) is 13.5 Å². The van der Waals surface area contributed by atoms with E-state index in [4.69, 9.17) is 21.6 Å². The molecule has 0 spiro atoms. The van der Waals surface area contributed by atoms with Gasteiger partial charge in [0.05, 0.1) is 11.6 Å². The zero-order valence-corrected chi connectivity index (χ0v) is 12.8. The van der Waals surface area contributed by atoms with E-state index in [-0.39, 0.29) is 11.1 Å². The second-order valence-electron chi connectivity index (χ2n) is 4.69. The van der Waals surface area contributed by atoms with Gasteiger partial charge in [0.1, 0.15) is 16.8 Å². The molecule has 0 saturated carbocycles. The summed E-state index contributed by atoms with van der Waals surface area (Å²) in [6, 6.07) is 5.56. The second-order valence-corrected chi connectivity index (χ2v) is 6.24. The molecule has 1 aliphatic rings. The number of hydrogen-bond acceptors (Lipinski definition) is 5. The van der Waals surface area contributed by atoms with E-state index in [2.05, 4.69) is 5.32 Å². The fourth-order valence-corrected chi connectivity index (χ4v) is 3.39. The Morgan fingerprint density at radius 1 is 1.52 bits per heavy atom. The maximum absolute atomic E-state index is 11.8. The second kappa shape index (κ2) is 5.43. The topological polar surface area (TPSA) is 67.1 Å². The third-order valence-electron chi connectivity index (χ3n) is 3.35. The highest BCUT2D eigenvalue weighted by Gasteiger charge is 2.20. The summed E-state index contributed by atoms with van der Waals surface area (Å²) in [6.45, 7) is 0.651. The van der Waals surface area contributed by atoms with Crippen molar-refractivity contribution in [2.45, 2.75) is 12.8 Å². The molecular weight excluding hydrogens is 310 g/mol. The highest BCUT2D eigenvalue weighted by Crippen LogP contribution is 2.39. The van der Waals surface area contributed by atoms with E-state index in [1.165, 1.54) is 15.5 Å². The van der Waals surface area contributed by atoms with Gasteiger partial charge >= 0.3 is 0 Å². The van der Waals surface area contributed by atoms with Crippen molar-refractivity contribution in [3.8, 4) is 11.8 Å². The van der Waals surface area contributed by atoms with Crippen LogP contribution in [0.1, 0.15) is 17.5 Å². The number of nitrogens with zero attached hydrogens (tertiary/aromatic N) is 2. The minimum Gasteiger partial charge on any atom is -0.492 e. The average Bonchev–Trinajstić information content (AvgIpc) is 2.76. The number of halogens is 1. The molecule has 5 nitrogen and oxygen atoms in total. The van der Waals surface area contributed by atoms with Gasteiger partial charge in [-0.3, -0.25) is 8.75 Å². The van der Waals surface area contributed by atoms with Crippen LogP contribution in [0.2, 0.25) is 5.02 Å². The van der Waals surface area contributed by atoms with Gasteiger partial charge in [-0.1, -0.05) is 11.6 Å². The number of aryl methyl sites for hydroxylation is 1. The molecule has 2 aromatic rings. The third kappa shape index (κ3) is 2.39. The van der Waals surface area contributed by atoms with Crippen LogP contribution in [0, 0.1) is 11.3 Å². The summed E-state index contributed by atoms with van der Waals surface area (Å²) in [5.74, 6) is 0.690. The number of nitriles is 1. The zero-order chi connectivity index (χ0) is 15.0. The Morgan fingerprint density at radius 3 is 3.10 bits per heavy atom. The molecule has 7 heteroatoms. The van der Waals surface area contributed by atoms with Gasteiger partial charge in [-0.25, -0.2) is 0 Å². The molecular formula is C14H12ClN3O2S. The third-order valence-corrected chi connectivity index (χ3v) is 4.57. The van der Waals surface area contributed by atoms with Gasteiger partial charge in [0.2, 0.25) is 0 Å². The van der Waals surface area contributed by atoms with Gasteiger partial charge in [-0.15, -0.1) is 0 Å². The zero-order valence-electron chi connectivity index (χ0n) is 11.3. The Labute approximate surface area is 130 Å². The number of fused-ring (bicyclic) bond motifs is 1. The predicted octanol–water partition coefficient (Wildman–Crippen LogP) is 3.04. The van der Waals surface area contributed by atoms with E-state index in [0.717, 1.165) is 24.1 Å². The number of aromatic nitrogens is 1. The van der Waals surface area contributed by atoms with Gasteiger partial charge in [-0.2, -0.15) is 5.26 Å². The molecule has 2 heterocycles. The van der Waals surface area contributed by atoms with Crippen molar-refractivity contribution >= 4 is 33.8 Å². The van der Waals surface area contributed by atoms with Crippen LogP contribution in [0.5, 0.6) is 5.75 Å². The number of nitrogens with one attached hydrogen (secondary N) is 1. The molecule has 0 saturated heterocycles. The van der Waals surface area contributed by atoms with E-state index in [1.807, 2.05) is 12.1 Å². The van der Waals surface area contributed by atoms with Gasteiger partial charge in [0.15, 0.2) is 5.56 Å². The standard InChI is InChI=1S/C14H12ClN3O2S/c1-18-14(19)9(7-16)13(21-18)17-11-5-4-10(15)12-8(11)3-2-6-20-12/h4-5,17H,2-3,6H2,1H3. The van der Waals surface area contributed by atoms with E-state index < -0.39 is 0 Å². The maximum Gasteiger partial charge on any atom is 0.280 e. The summed E-state index contributed by atoms with van der Waals surface area (Å²) in [5.41, 5.74) is 1.65. The Bertz CT molecular complexity index is 804. The van der Waals surface area contributed by atoms with Crippen LogP contribution in [0.25, 0.3) is 0 Å². The molecule has 0 aliphatic carbocycles. The van der Waals surface area contributed by atoms with Crippen LogP contribution < -0.4 is 15.6 Å². The Kier molecular flexibility index (Phi) is 3.62. The summed E-state index contributed by atoms with van der Waals surface area (Å²) < 4.78 is 7.05. The Hall–Kier alpha value is -1.97. The summed E-state index contributed by atoms with van der Waals surface area (Å²) in [4.78, 5) is 11.8. The molecule has 1 aliphatic heterocycles. The van der Waals surface area contributed by atoms with Crippen LogP contribution in [0.3, 0.4) is 0 Å². The van der Waals surface area contributed by atoms with Gasteiger partial charge < -0.3 is 10.1 Å². The smallest absolute Gasteiger partial charge is 0.280 e. The predicted molar refractivity (Wildman–Crippen MR) is 82.8 cm³/mol. The molecule has 0 unspecified atom stereocenters. The lowest BCUT2D eigenvalue weighted by Gasteiger charge is -2.21. The highest BCUT2D eigenvalue weighted by atomic mass is 35.5. The fourth-order valence-electron chi connectivity index (χ4n) is 2.33. The largest absolute Gasteiger partial charge is 0.492 e. The summed E-state index contributed by atoms with van der Waals surface area (Å²) in [6.07, 6.45) is 1.76. The first-order valence-corrected chi connectivity index (χ1v) is 7.58. The van der Waals surface area contributed by atoms with Gasteiger partial charge in [0.25, 0.3) is 5.56 Å². The Morgan fingerprint density at radius 2 is 2.33 bits per heavy atom. The van der Waals surface area contributed by atoms with Crippen LogP contribution in [-0.4, -0.2) is 10.6 Å². The Balaban J connectivity index is 2.06. The molecule has 0 radical (unpaired) electrons. The minimum absolute atomic E-state index is 0.128. The van der Waals surface area contributed by atoms with Crippen molar-refractivity contribution < 1.29 is 4.74 Å². The first-order valence-electron chi connectivity index (χ1n) is 6.43. The lowest BCUT2D eigenvalue weighted by atomic mass is 10.0. The van der Waals surface area contributed by atoms with E-state index in [0.29, 0.717) is 22.4 Å². The molecule has 1 N–H and O–H groups in total. The number of ether oxygens (including phenoxy) is 1. The van der Waals surface area contributed by atoms with Crippen molar-refractivity contribution in [3.63, 3.8) is 0 Å². The van der Waals surface area contributed by atoms with E-state index >= 15 is 0 Å². The summed E-state index contributed by atoms with van der Waals surface area (Å²) in [5, 5.41) is 13.4. The van der Waals surface area contributed by atoms with Crippen molar-refractivity contribution in [1.82, 2.24) is 3.96 Å². The van der Waals surface area contributed by atoms with Crippen LogP contribution >= 0.6 is 23.1 Å². The molecule has 3 rings (SSSR count). The molecule has 1 aromatic heterocycles. The normalized spacial score (nSPS) is 13.2. The molecule has 0 amide bonds. The summed E-state index contributed by atoms with van der Waals surface area (Å²) in [7, 11) is 1.64. The van der Waals surface area contributed by atoms with Crippen molar-refractivity contribution in [3.05, 3.63) is 38.6 Å². The van der Waals surface area contributed by atoms with Crippen LogP contribution in [0.15, 0.2) is 16.9 Å². The average molecular weight is 322 g/mol. The maximum atomic E-state index is 11.8. The number of hydrogen-bond donors (Lipinski definition) is 1. The number of benzene rings is 1. The lowest BCUT2D eigenvalue weighted by molar-refractivity contribution is 0.289. The first kappa shape index (κ1) is 14.0. The van der Waals surface area contributed by atoms with Crippen molar-refractivity contribution in [2.24, 2.45) is 7.05 Å².